The van der Waals surface area contributed by atoms with Gasteiger partial charge in [-0.05, 0) is 55.2 Å². The normalized spacial score (nSPS) is 12.7. The molecule has 1 N–H and O–H groups in total. The van der Waals surface area contributed by atoms with Crippen molar-refractivity contribution in [3.63, 3.8) is 0 Å². The van der Waals surface area contributed by atoms with Gasteiger partial charge in [0.25, 0.3) is 5.91 Å². The number of aromatic nitrogens is 2. The highest BCUT2D eigenvalue weighted by Gasteiger charge is 2.27. The van der Waals surface area contributed by atoms with Crippen LogP contribution in [0.15, 0.2) is 54.7 Å². The predicted octanol–water partition coefficient (Wildman–Crippen LogP) is 4.10. The summed E-state index contributed by atoms with van der Waals surface area (Å²) in [5.74, 6) is 1.40. The van der Waals surface area contributed by atoms with Crippen molar-refractivity contribution in [2.24, 2.45) is 13.0 Å². The minimum atomic E-state index is -0.356. The first-order valence-electron chi connectivity index (χ1n) is 10.3. The third kappa shape index (κ3) is 5.13. The van der Waals surface area contributed by atoms with Crippen LogP contribution in [-0.4, -0.2) is 28.1 Å². The summed E-state index contributed by atoms with van der Waals surface area (Å²) in [6.45, 7) is 2.13. The van der Waals surface area contributed by atoms with Gasteiger partial charge in [0.05, 0.1) is 11.6 Å². The number of aryl methyl sites for hydroxylation is 1. The van der Waals surface area contributed by atoms with Gasteiger partial charge in [0.1, 0.15) is 11.5 Å². The number of nitriles is 1. The van der Waals surface area contributed by atoms with Crippen LogP contribution in [0.5, 0.6) is 11.5 Å². The van der Waals surface area contributed by atoms with Gasteiger partial charge in [-0.25, -0.2) is 0 Å². The molecule has 4 rings (SSSR count). The average Bonchev–Trinajstić information content (AvgIpc) is 3.51. The molecule has 1 saturated carbocycles. The van der Waals surface area contributed by atoms with Crippen molar-refractivity contribution >= 4 is 23.3 Å². The number of nitrogens with zero attached hydrogens (tertiary/aromatic N) is 4. The monoisotopic (exact) mass is 429 g/mol. The van der Waals surface area contributed by atoms with E-state index in [0.29, 0.717) is 46.6 Å². The lowest BCUT2D eigenvalue weighted by molar-refractivity contribution is -0.116. The van der Waals surface area contributed by atoms with Crippen LogP contribution < -0.4 is 15.0 Å². The molecule has 1 heterocycles. The Bertz CT molecular complexity index is 1190. The molecule has 1 aliphatic rings. The van der Waals surface area contributed by atoms with Gasteiger partial charge in [-0.15, -0.1) is 0 Å². The topological polar surface area (TPSA) is 100 Å². The Hall–Kier alpha value is -4.12. The van der Waals surface area contributed by atoms with Crippen molar-refractivity contribution in [1.82, 2.24) is 9.78 Å². The maximum absolute atomic E-state index is 12.9. The maximum Gasteiger partial charge on any atom is 0.257 e. The molecule has 32 heavy (non-hydrogen) atoms. The van der Waals surface area contributed by atoms with Gasteiger partial charge < -0.3 is 15.0 Å². The van der Waals surface area contributed by atoms with E-state index < -0.39 is 0 Å². The minimum absolute atomic E-state index is 0.0940. The molecule has 0 aliphatic heterocycles. The highest BCUT2D eigenvalue weighted by Crippen LogP contribution is 2.34. The van der Waals surface area contributed by atoms with Gasteiger partial charge in [0, 0.05) is 50.1 Å². The molecule has 0 bridgehead atoms. The van der Waals surface area contributed by atoms with E-state index in [4.69, 9.17) is 10.00 Å². The second kappa shape index (κ2) is 8.94. The maximum atomic E-state index is 12.9. The third-order valence-electron chi connectivity index (χ3n) is 5.16. The van der Waals surface area contributed by atoms with Gasteiger partial charge in [-0.1, -0.05) is 0 Å². The van der Waals surface area contributed by atoms with E-state index in [1.165, 1.54) is 6.92 Å². The van der Waals surface area contributed by atoms with Crippen molar-refractivity contribution in [2.45, 2.75) is 19.8 Å². The number of ether oxygens (including phenoxy) is 1. The molecule has 0 atom stereocenters. The van der Waals surface area contributed by atoms with Crippen LogP contribution in [0.4, 0.5) is 11.5 Å². The molecule has 162 valence electrons. The van der Waals surface area contributed by atoms with Crippen LogP contribution in [0.1, 0.15) is 35.7 Å². The molecule has 1 fully saturated rings. The van der Waals surface area contributed by atoms with Crippen LogP contribution in [0.25, 0.3) is 0 Å². The number of rotatable bonds is 7. The molecule has 8 heteroatoms. The lowest BCUT2D eigenvalue weighted by atomic mass is 10.1. The molecule has 8 nitrogen and oxygen atoms in total. The van der Waals surface area contributed by atoms with Crippen LogP contribution >= 0.6 is 0 Å². The number of amides is 2. The first-order valence-corrected chi connectivity index (χ1v) is 10.3. The van der Waals surface area contributed by atoms with Crippen molar-refractivity contribution in [2.75, 3.05) is 16.8 Å². The Balaban J connectivity index is 1.66. The second-order valence-electron chi connectivity index (χ2n) is 7.86. The molecule has 0 saturated heterocycles. The van der Waals surface area contributed by atoms with Crippen LogP contribution in [0, 0.1) is 17.2 Å². The molecule has 0 spiro atoms. The summed E-state index contributed by atoms with van der Waals surface area (Å²) in [7, 11) is 1.77. The fourth-order valence-electron chi connectivity index (χ4n) is 3.31. The summed E-state index contributed by atoms with van der Waals surface area (Å²) < 4.78 is 7.56. The largest absolute Gasteiger partial charge is 0.457 e. The molecular weight excluding hydrogens is 406 g/mol. The third-order valence-corrected chi connectivity index (χ3v) is 5.16. The summed E-state index contributed by atoms with van der Waals surface area (Å²) in [6.07, 6.45) is 3.93. The van der Waals surface area contributed by atoms with Crippen LogP contribution in [0.2, 0.25) is 0 Å². The van der Waals surface area contributed by atoms with Crippen molar-refractivity contribution < 1.29 is 14.3 Å². The summed E-state index contributed by atoms with van der Waals surface area (Å²) >= 11 is 0. The standard InChI is InChI=1S/C24H23N5O3/c1-16(30)29(15-18-3-4-18)20-11-19(24(31)26-23-9-10-28(2)27-23)12-22(13-20)32-21-7-5-17(14-25)6-8-21/h5-13,18H,3-4,15H2,1-2H3,(H,26,27,31). The number of anilines is 2. The van der Waals surface area contributed by atoms with Gasteiger partial charge in [0.2, 0.25) is 5.91 Å². The van der Waals surface area contributed by atoms with Crippen LogP contribution in [0.3, 0.4) is 0 Å². The molecule has 0 unspecified atom stereocenters. The number of nitrogens with one attached hydrogen (secondary N) is 1. The van der Waals surface area contributed by atoms with Gasteiger partial charge in [0.15, 0.2) is 5.82 Å². The highest BCUT2D eigenvalue weighted by molar-refractivity contribution is 6.05. The number of hydrogen-bond donors (Lipinski definition) is 1. The molecule has 2 aromatic carbocycles. The number of hydrogen-bond acceptors (Lipinski definition) is 5. The second-order valence-corrected chi connectivity index (χ2v) is 7.86. The summed E-state index contributed by atoms with van der Waals surface area (Å²) in [5.41, 5.74) is 1.47. The fourth-order valence-corrected chi connectivity index (χ4v) is 3.31. The molecular formula is C24H23N5O3. The minimum Gasteiger partial charge on any atom is -0.457 e. The van der Waals surface area contributed by atoms with E-state index >= 15 is 0 Å². The Labute approximate surface area is 186 Å². The van der Waals surface area contributed by atoms with Crippen LogP contribution in [-0.2, 0) is 11.8 Å². The summed E-state index contributed by atoms with van der Waals surface area (Å²) in [6, 6.07) is 15.5. The fraction of sp³-hybridized carbons (Fsp3) is 0.250. The smallest absolute Gasteiger partial charge is 0.257 e. The molecule has 0 radical (unpaired) electrons. The quantitative estimate of drug-likeness (QED) is 0.609. The lowest BCUT2D eigenvalue weighted by Gasteiger charge is -2.22. The van der Waals surface area contributed by atoms with E-state index in [9.17, 15) is 9.59 Å². The summed E-state index contributed by atoms with van der Waals surface area (Å²) in [5, 5.41) is 15.9. The van der Waals surface area contributed by atoms with Crippen molar-refractivity contribution in [3.8, 4) is 17.6 Å². The Kier molecular flexibility index (Phi) is 5.90. The molecule has 1 aliphatic carbocycles. The first-order chi connectivity index (χ1) is 15.4. The number of carbonyl (C=O) groups excluding carboxylic acids is 2. The number of benzene rings is 2. The van der Waals surface area contributed by atoms with E-state index in [1.54, 1.807) is 71.4 Å². The Morgan fingerprint density at radius 2 is 1.94 bits per heavy atom. The van der Waals surface area contributed by atoms with E-state index in [2.05, 4.69) is 16.5 Å². The highest BCUT2D eigenvalue weighted by atomic mass is 16.5. The van der Waals surface area contributed by atoms with E-state index in [1.807, 2.05) is 0 Å². The van der Waals surface area contributed by atoms with Crippen molar-refractivity contribution in [3.05, 3.63) is 65.9 Å². The van der Waals surface area contributed by atoms with Gasteiger partial charge in [-0.3, -0.25) is 14.3 Å². The van der Waals surface area contributed by atoms with Crippen molar-refractivity contribution in [1.29, 1.82) is 5.26 Å². The van der Waals surface area contributed by atoms with Gasteiger partial charge >= 0.3 is 0 Å². The zero-order chi connectivity index (χ0) is 22.7. The molecule has 2 amide bonds. The van der Waals surface area contributed by atoms with E-state index in [-0.39, 0.29) is 11.8 Å². The molecule has 1 aromatic heterocycles. The lowest BCUT2D eigenvalue weighted by Crippen LogP contribution is -2.30. The average molecular weight is 429 g/mol. The SMILES string of the molecule is CC(=O)N(CC1CC1)c1cc(Oc2ccc(C#N)cc2)cc(C(=O)Nc2ccn(C)n2)c1. The zero-order valence-corrected chi connectivity index (χ0v) is 17.9. The first kappa shape index (κ1) is 21.1. The van der Waals surface area contributed by atoms with Gasteiger partial charge in [-0.2, -0.15) is 10.4 Å². The van der Waals surface area contributed by atoms with E-state index in [0.717, 1.165) is 12.8 Å². The molecule has 3 aromatic rings. The Morgan fingerprint density at radius 3 is 2.53 bits per heavy atom. The Morgan fingerprint density at radius 1 is 1.19 bits per heavy atom. The number of carbonyl (C=O) groups is 2. The zero-order valence-electron chi connectivity index (χ0n) is 17.9. The summed E-state index contributed by atoms with van der Waals surface area (Å²) in [4.78, 5) is 27.0. The predicted molar refractivity (Wildman–Crippen MR) is 120 cm³/mol.